The van der Waals surface area contributed by atoms with Crippen molar-refractivity contribution in [1.82, 2.24) is 5.32 Å². The van der Waals surface area contributed by atoms with Crippen LogP contribution in [0.1, 0.15) is 46.0 Å². The molecular formula is C21H34N3O2+. The van der Waals surface area contributed by atoms with Crippen LogP contribution >= 0.6 is 0 Å². The van der Waals surface area contributed by atoms with Crippen LogP contribution in [0.15, 0.2) is 24.3 Å². The van der Waals surface area contributed by atoms with Gasteiger partial charge in [-0.05, 0) is 38.8 Å². The maximum atomic E-state index is 12.6. The van der Waals surface area contributed by atoms with Gasteiger partial charge in [-0.3, -0.25) is 4.79 Å². The molecule has 2 N–H and O–H groups in total. The molecule has 3 rings (SSSR count). The molecule has 0 spiro atoms. The molecule has 1 aliphatic heterocycles. The van der Waals surface area contributed by atoms with Crippen LogP contribution in [0.3, 0.4) is 0 Å². The summed E-state index contributed by atoms with van der Waals surface area (Å²) in [5.74, 6) is 1.19. The lowest BCUT2D eigenvalue weighted by molar-refractivity contribution is -0.914. The summed E-state index contributed by atoms with van der Waals surface area (Å²) < 4.78 is 5.77. The van der Waals surface area contributed by atoms with Gasteiger partial charge in [-0.1, -0.05) is 31.4 Å². The number of benzene rings is 1. The molecule has 1 heterocycles. The Hall–Kier alpha value is -1.75. The van der Waals surface area contributed by atoms with Crippen LogP contribution in [-0.2, 0) is 4.79 Å². The minimum Gasteiger partial charge on any atom is -0.492 e. The quantitative estimate of drug-likeness (QED) is 0.811. The number of rotatable bonds is 6. The second-order valence-corrected chi connectivity index (χ2v) is 7.61. The number of ether oxygens (including phenoxy) is 1. The number of nitrogens with zero attached hydrogens (tertiary/aromatic N) is 1. The highest BCUT2D eigenvalue weighted by atomic mass is 16.5. The van der Waals surface area contributed by atoms with Gasteiger partial charge in [-0.25, -0.2) is 0 Å². The molecule has 5 heteroatoms. The number of amides is 1. The summed E-state index contributed by atoms with van der Waals surface area (Å²) in [4.78, 5) is 16.4. The predicted molar refractivity (Wildman–Crippen MR) is 105 cm³/mol. The van der Waals surface area contributed by atoms with Crippen LogP contribution in [0.25, 0.3) is 0 Å². The Labute approximate surface area is 157 Å². The molecule has 1 saturated heterocycles. The molecule has 0 aromatic heterocycles. The summed E-state index contributed by atoms with van der Waals surface area (Å²) in [6.07, 6.45) is 6.12. The second-order valence-electron chi connectivity index (χ2n) is 7.61. The van der Waals surface area contributed by atoms with Gasteiger partial charge in [0.15, 0.2) is 6.04 Å². The van der Waals surface area contributed by atoms with Crippen molar-refractivity contribution in [2.75, 3.05) is 37.7 Å². The molecule has 1 saturated carbocycles. The third kappa shape index (κ3) is 4.70. The third-order valence-electron chi connectivity index (χ3n) is 5.87. The van der Waals surface area contributed by atoms with Gasteiger partial charge < -0.3 is 19.9 Å². The molecule has 144 valence electrons. The summed E-state index contributed by atoms with van der Waals surface area (Å²) in [5.41, 5.74) is 1.17. The van der Waals surface area contributed by atoms with Crippen LogP contribution in [0, 0.1) is 0 Å². The van der Waals surface area contributed by atoms with Crippen molar-refractivity contribution in [2.24, 2.45) is 0 Å². The van der Waals surface area contributed by atoms with E-state index in [4.69, 9.17) is 4.74 Å². The topological polar surface area (TPSA) is 46.0 Å². The molecule has 2 fully saturated rings. The first-order valence-corrected chi connectivity index (χ1v) is 10.3. The van der Waals surface area contributed by atoms with Crippen molar-refractivity contribution in [2.45, 2.75) is 58.0 Å². The molecule has 0 bridgehead atoms. The summed E-state index contributed by atoms with van der Waals surface area (Å²) >= 11 is 0. The SMILES string of the molecule is CCOc1ccccc1N1CC[NH+]([C@H](C)C(=O)NC2CCCCC2)CC1. The standard InChI is InChI=1S/C21H33N3O2/c1-3-26-20-12-8-7-11-19(20)24-15-13-23(14-16-24)17(2)21(25)22-18-9-5-4-6-10-18/h7-8,11-12,17-18H,3-6,9-10,13-16H2,1-2H3,(H,22,25)/p+1/t17-/m1/s1. The van der Waals surface area contributed by atoms with E-state index in [0.29, 0.717) is 12.6 Å². The third-order valence-corrected chi connectivity index (χ3v) is 5.87. The molecule has 2 aliphatic rings. The van der Waals surface area contributed by atoms with Gasteiger partial charge in [0.25, 0.3) is 5.91 Å². The Morgan fingerprint density at radius 1 is 1.23 bits per heavy atom. The highest BCUT2D eigenvalue weighted by Gasteiger charge is 2.31. The number of para-hydroxylation sites is 2. The van der Waals surface area contributed by atoms with Crippen molar-refractivity contribution >= 4 is 11.6 Å². The largest absolute Gasteiger partial charge is 0.492 e. The number of hydrogen-bond acceptors (Lipinski definition) is 3. The first-order chi connectivity index (χ1) is 12.7. The monoisotopic (exact) mass is 360 g/mol. The number of carbonyl (C=O) groups is 1. The lowest BCUT2D eigenvalue weighted by Crippen LogP contribution is -3.19. The number of anilines is 1. The Bertz CT molecular complexity index is 578. The van der Waals surface area contributed by atoms with E-state index in [1.54, 1.807) is 0 Å². The number of hydrogen-bond donors (Lipinski definition) is 2. The molecule has 26 heavy (non-hydrogen) atoms. The van der Waals surface area contributed by atoms with Gasteiger partial charge in [0.05, 0.1) is 38.5 Å². The minimum atomic E-state index is 0.0289. The van der Waals surface area contributed by atoms with E-state index in [0.717, 1.165) is 44.8 Å². The van der Waals surface area contributed by atoms with Crippen LogP contribution in [0.4, 0.5) is 5.69 Å². The van der Waals surface area contributed by atoms with E-state index >= 15 is 0 Å². The normalized spacial score (nSPS) is 20.6. The van der Waals surface area contributed by atoms with Gasteiger partial charge in [-0.15, -0.1) is 0 Å². The van der Waals surface area contributed by atoms with E-state index in [9.17, 15) is 4.79 Å². The first-order valence-electron chi connectivity index (χ1n) is 10.3. The predicted octanol–water partition coefficient (Wildman–Crippen LogP) is 1.63. The van der Waals surface area contributed by atoms with Crippen molar-refractivity contribution < 1.29 is 14.4 Å². The number of nitrogens with one attached hydrogen (secondary N) is 2. The lowest BCUT2D eigenvalue weighted by atomic mass is 9.95. The van der Waals surface area contributed by atoms with Crippen molar-refractivity contribution in [3.63, 3.8) is 0 Å². The molecule has 1 aromatic rings. The zero-order valence-electron chi connectivity index (χ0n) is 16.3. The van der Waals surface area contributed by atoms with Gasteiger partial charge in [0.1, 0.15) is 5.75 Å². The van der Waals surface area contributed by atoms with E-state index in [-0.39, 0.29) is 11.9 Å². The molecule has 1 aliphatic carbocycles. The van der Waals surface area contributed by atoms with E-state index in [1.807, 2.05) is 19.1 Å². The summed E-state index contributed by atoms with van der Waals surface area (Å²) in [6, 6.07) is 8.69. The first kappa shape index (κ1) is 19.0. The zero-order valence-corrected chi connectivity index (χ0v) is 16.3. The smallest absolute Gasteiger partial charge is 0.278 e. The van der Waals surface area contributed by atoms with Gasteiger partial charge in [0.2, 0.25) is 0 Å². The minimum absolute atomic E-state index is 0.0289. The Morgan fingerprint density at radius 3 is 2.62 bits per heavy atom. The van der Waals surface area contributed by atoms with E-state index in [1.165, 1.54) is 29.8 Å². The fraction of sp³-hybridized carbons (Fsp3) is 0.667. The second kappa shape index (κ2) is 9.26. The van der Waals surface area contributed by atoms with Gasteiger partial charge in [0, 0.05) is 6.04 Å². The molecule has 0 radical (unpaired) electrons. The van der Waals surface area contributed by atoms with Crippen molar-refractivity contribution in [3.8, 4) is 5.75 Å². The van der Waals surface area contributed by atoms with Crippen LogP contribution < -0.4 is 19.9 Å². The fourth-order valence-corrected chi connectivity index (χ4v) is 4.22. The summed E-state index contributed by atoms with van der Waals surface area (Å²) in [6.45, 7) is 8.67. The zero-order chi connectivity index (χ0) is 18.4. The average molecular weight is 361 g/mol. The van der Waals surface area contributed by atoms with E-state index < -0.39 is 0 Å². The van der Waals surface area contributed by atoms with Gasteiger partial charge >= 0.3 is 0 Å². The molecule has 1 atom stereocenters. The van der Waals surface area contributed by atoms with E-state index in [2.05, 4.69) is 29.3 Å². The average Bonchev–Trinajstić information content (AvgIpc) is 2.69. The molecule has 1 amide bonds. The van der Waals surface area contributed by atoms with Crippen LogP contribution in [0.2, 0.25) is 0 Å². The van der Waals surface area contributed by atoms with Crippen molar-refractivity contribution in [3.05, 3.63) is 24.3 Å². The van der Waals surface area contributed by atoms with Crippen LogP contribution in [0.5, 0.6) is 5.75 Å². The highest BCUT2D eigenvalue weighted by Crippen LogP contribution is 2.27. The maximum Gasteiger partial charge on any atom is 0.278 e. The molecular weight excluding hydrogens is 326 g/mol. The Kier molecular flexibility index (Phi) is 6.78. The van der Waals surface area contributed by atoms with Crippen molar-refractivity contribution in [1.29, 1.82) is 0 Å². The maximum absolute atomic E-state index is 12.6. The fourth-order valence-electron chi connectivity index (χ4n) is 4.22. The highest BCUT2D eigenvalue weighted by molar-refractivity contribution is 5.80. The van der Waals surface area contributed by atoms with Gasteiger partial charge in [-0.2, -0.15) is 0 Å². The molecule has 1 aromatic carbocycles. The summed E-state index contributed by atoms with van der Waals surface area (Å²) in [7, 11) is 0. The Morgan fingerprint density at radius 2 is 1.92 bits per heavy atom. The number of carbonyl (C=O) groups excluding carboxylic acids is 1. The summed E-state index contributed by atoms with van der Waals surface area (Å²) in [5, 5.41) is 3.29. The van der Waals surface area contributed by atoms with Crippen LogP contribution in [-0.4, -0.2) is 50.8 Å². The molecule has 0 unspecified atom stereocenters. The lowest BCUT2D eigenvalue weighted by Gasteiger charge is -2.37. The number of quaternary nitrogens is 1. The Balaban J connectivity index is 1.52. The molecule has 5 nitrogen and oxygen atoms in total. The number of piperazine rings is 1.